The van der Waals surface area contributed by atoms with E-state index in [0.29, 0.717) is 0 Å². The Kier molecular flexibility index (Phi) is 10.7. The van der Waals surface area contributed by atoms with E-state index >= 15 is 0 Å². The number of carbonyl (C=O) groups is 1. The predicted molar refractivity (Wildman–Crippen MR) is 108 cm³/mol. The lowest BCUT2D eigenvalue weighted by Crippen LogP contribution is -2.46. The quantitative estimate of drug-likeness (QED) is 0.779. The van der Waals surface area contributed by atoms with Crippen molar-refractivity contribution >= 4 is 36.4 Å². The van der Waals surface area contributed by atoms with Crippen molar-refractivity contribution in [3.63, 3.8) is 0 Å². The number of piperidine rings is 1. The van der Waals surface area contributed by atoms with Gasteiger partial charge in [-0.05, 0) is 72.6 Å². The van der Waals surface area contributed by atoms with Gasteiger partial charge in [0, 0.05) is 7.05 Å². The van der Waals surface area contributed by atoms with Gasteiger partial charge in [0.25, 0.3) is 0 Å². The van der Waals surface area contributed by atoms with Crippen molar-refractivity contribution in [2.45, 2.75) is 46.1 Å². The molecule has 0 aromatic carbocycles. The summed E-state index contributed by atoms with van der Waals surface area (Å²) in [5.41, 5.74) is 2.72. The second kappa shape index (κ2) is 11.0. The summed E-state index contributed by atoms with van der Waals surface area (Å²) < 4.78 is 1.81. The minimum Gasteiger partial charge on any atom is -0.322 e. The first-order valence-corrected chi connectivity index (χ1v) is 8.63. The molecule has 2 rings (SSSR count). The third kappa shape index (κ3) is 6.13. The van der Waals surface area contributed by atoms with E-state index in [-0.39, 0.29) is 36.8 Å². The third-order valence-electron chi connectivity index (χ3n) is 5.14. The zero-order valence-corrected chi connectivity index (χ0v) is 17.6. The van der Waals surface area contributed by atoms with Crippen LogP contribution in [0.4, 0.5) is 5.69 Å². The number of rotatable bonds is 6. The first-order chi connectivity index (χ1) is 10.9. The summed E-state index contributed by atoms with van der Waals surface area (Å²) in [4.78, 5) is 14.9. The van der Waals surface area contributed by atoms with Crippen LogP contribution in [-0.4, -0.2) is 53.3 Å². The molecule has 8 heteroatoms. The van der Waals surface area contributed by atoms with Gasteiger partial charge in [0.15, 0.2) is 0 Å². The van der Waals surface area contributed by atoms with Gasteiger partial charge in [-0.25, -0.2) is 0 Å². The summed E-state index contributed by atoms with van der Waals surface area (Å²) in [7, 11) is 3.90. The number of nitrogens with one attached hydrogen (secondary N) is 2. The number of hydrogen-bond acceptors (Lipinski definition) is 4. The van der Waals surface area contributed by atoms with Gasteiger partial charge in [-0.15, -0.1) is 24.8 Å². The zero-order valence-electron chi connectivity index (χ0n) is 16.0. The van der Waals surface area contributed by atoms with Crippen molar-refractivity contribution in [1.29, 1.82) is 0 Å². The molecule has 1 aromatic rings. The number of anilines is 1. The molecule has 1 unspecified atom stereocenters. The number of halogens is 2. The van der Waals surface area contributed by atoms with E-state index in [4.69, 9.17) is 0 Å². The Morgan fingerprint density at radius 2 is 1.88 bits per heavy atom. The van der Waals surface area contributed by atoms with Crippen LogP contribution in [0.2, 0.25) is 0 Å². The highest BCUT2D eigenvalue weighted by Gasteiger charge is 2.27. The molecule has 0 bridgehead atoms. The van der Waals surface area contributed by atoms with Crippen LogP contribution in [0.1, 0.15) is 37.6 Å². The highest BCUT2D eigenvalue weighted by atomic mass is 35.5. The molecule has 2 N–H and O–H groups in total. The third-order valence-corrected chi connectivity index (χ3v) is 5.14. The molecule has 1 saturated heterocycles. The summed E-state index contributed by atoms with van der Waals surface area (Å²) in [6.07, 6.45) is 3.60. The number of aryl methyl sites for hydroxylation is 2. The Morgan fingerprint density at radius 3 is 2.36 bits per heavy atom. The van der Waals surface area contributed by atoms with E-state index in [0.717, 1.165) is 42.6 Å². The minimum absolute atomic E-state index is 0. The van der Waals surface area contributed by atoms with Gasteiger partial charge in [-0.1, -0.05) is 0 Å². The second-order valence-electron chi connectivity index (χ2n) is 6.71. The van der Waals surface area contributed by atoms with Gasteiger partial charge < -0.3 is 10.6 Å². The van der Waals surface area contributed by atoms with Crippen LogP contribution >= 0.6 is 24.8 Å². The fourth-order valence-corrected chi connectivity index (χ4v) is 3.33. The Morgan fingerprint density at radius 1 is 1.28 bits per heavy atom. The van der Waals surface area contributed by atoms with E-state index in [1.54, 1.807) is 0 Å². The minimum atomic E-state index is -0.0979. The number of amides is 1. The molecule has 0 radical (unpaired) electrons. The maximum Gasteiger partial charge on any atom is 0.241 e. The normalized spacial score (nSPS) is 16.7. The summed E-state index contributed by atoms with van der Waals surface area (Å²) in [5.74, 6) is 0.856. The predicted octanol–water partition coefficient (Wildman–Crippen LogP) is 2.53. The molecular weight excluding hydrogens is 361 g/mol. The van der Waals surface area contributed by atoms with Crippen LogP contribution in [0, 0.1) is 19.8 Å². The molecule has 25 heavy (non-hydrogen) atoms. The number of aromatic nitrogens is 2. The highest BCUT2D eigenvalue weighted by Crippen LogP contribution is 2.23. The summed E-state index contributed by atoms with van der Waals surface area (Å²) in [6.45, 7) is 9.01. The Hall–Kier alpha value is -0.820. The second-order valence-corrected chi connectivity index (χ2v) is 6.71. The fraction of sp³-hybridized carbons (Fsp3) is 0.765. The average molecular weight is 394 g/mol. The number of nitrogens with zero attached hydrogens (tertiary/aromatic N) is 3. The van der Waals surface area contributed by atoms with E-state index in [1.807, 2.05) is 39.5 Å². The van der Waals surface area contributed by atoms with Crippen LogP contribution in [0.15, 0.2) is 0 Å². The van der Waals surface area contributed by atoms with Gasteiger partial charge in [-0.3, -0.25) is 14.4 Å². The maximum absolute atomic E-state index is 12.6. The molecule has 1 amide bonds. The maximum atomic E-state index is 12.6. The number of likely N-dealkylation sites (tertiary alicyclic amines) is 1. The molecule has 1 aromatic heterocycles. The summed E-state index contributed by atoms with van der Waals surface area (Å²) in [6, 6.07) is -0.0979. The van der Waals surface area contributed by atoms with Gasteiger partial charge in [0.1, 0.15) is 0 Å². The fourth-order valence-electron chi connectivity index (χ4n) is 3.33. The van der Waals surface area contributed by atoms with Gasteiger partial charge in [0.2, 0.25) is 5.91 Å². The Bertz CT molecular complexity index is 541. The topological polar surface area (TPSA) is 62.2 Å². The monoisotopic (exact) mass is 393 g/mol. The van der Waals surface area contributed by atoms with Gasteiger partial charge in [0.05, 0.1) is 23.1 Å². The SMILES string of the molecule is CNCCC1CCN(C(C)C(=O)Nc2c(C)nn(C)c2C)CC1.Cl.Cl. The molecule has 146 valence electrons. The lowest BCUT2D eigenvalue weighted by atomic mass is 9.93. The van der Waals surface area contributed by atoms with Crippen molar-refractivity contribution in [2.75, 3.05) is 32.0 Å². The molecule has 1 fully saturated rings. The van der Waals surface area contributed by atoms with Crippen LogP contribution in [-0.2, 0) is 11.8 Å². The Balaban J connectivity index is 0.00000288. The molecule has 0 aliphatic carbocycles. The Labute approximate surface area is 163 Å². The van der Waals surface area contributed by atoms with Crippen molar-refractivity contribution in [3.8, 4) is 0 Å². The van der Waals surface area contributed by atoms with E-state index in [2.05, 4.69) is 20.6 Å². The molecule has 1 aliphatic heterocycles. The van der Waals surface area contributed by atoms with E-state index in [9.17, 15) is 4.79 Å². The molecule has 2 heterocycles. The summed E-state index contributed by atoms with van der Waals surface area (Å²) >= 11 is 0. The molecular formula is C17H33Cl2N5O. The van der Waals surface area contributed by atoms with Crippen molar-refractivity contribution < 1.29 is 4.79 Å². The van der Waals surface area contributed by atoms with Crippen LogP contribution in [0.5, 0.6) is 0 Å². The molecule has 1 atom stereocenters. The van der Waals surface area contributed by atoms with Crippen LogP contribution < -0.4 is 10.6 Å². The first-order valence-electron chi connectivity index (χ1n) is 8.63. The molecule has 6 nitrogen and oxygen atoms in total. The van der Waals surface area contributed by atoms with Crippen LogP contribution in [0.25, 0.3) is 0 Å². The van der Waals surface area contributed by atoms with Gasteiger partial charge >= 0.3 is 0 Å². The zero-order chi connectivity index (χ0) is 17.0. The lowest BCUT2D eigenvalue weighted by Gasteiger charge is -2.35. The van der Waals surface area contributed by atoms with Crippen molar-refractivity contribution in [3.05, 3.63) is 11.4 Å². The molecule has 0 saturated carbocycles. The van der Waals surface area contributed by atoms with Crippen molar-refractivity contribution in [2.24, 2.45) is 13.0 Å². The standard InChI is InChI=1S/C17H31N5O.2ClH/c1-12-16(13(2)21(5)20-12)19-17(23)14(3)22-10-7-15(8-11-22)6-9-18-4;;/h14-15,18H,6-11H2,1-5H3,(H,19,23);2*1H. The van der Waals surface area contributed by atoms with Crippen LogP contribution in [0.3, 0.4) is 0 Å². The van der Waals surface area contributed by atoms with E-state index in [1.165, 1.54) is 19.3 Å². The molecule has 0 spiro atoms. The smallest absolute Gasteiger partial charge is 0.241 e. The van der Waals surface area contributed by atoms with Gasteiger partial charge in [-0.2, -0.15) is 5.10 Å². The van der Waals surface area contributed by atoms with Crippen molar-refractivity contribution in [1.82, 2.24) is 20.0 Å². The number of carbonyl (C=O) groups excluding carboxylic acids is 1. The molecule has 1 aliphatic rings. The average Bonchev–Trinajstić information content (AvgIpc) is 2.79. The highest BCUT2D eigenvalue weighted by molar-refractivity contribution is 5.95. The van der Waals surface area contributed by atoms with E-state index < -0.39 is 0 Å². The first kappa shape index (κ1) is 24.2. The number of hydrogen-bond donors (Lipinski definition) is 2. The summed E-state index contributed by atoms with van der Waals surface area (Å²) in [5, 5.41) is 10.6. The lowest BCUT2D eigenvalue weighted by molar-refractivity contribution is -0.121. The largest absolute Gasteiger partial charge is 0.322 e.